The van der Waals surface area contributed by atoms with Crippen LogP contribution in [-0.4, -0.2) is 25.3 Å². The van der Waals surface area contributed by atoms with Crippen molar-refractivity contribution in [1.29, 1.82) is 0 Å². The quantitative estimate of drug-likeness (QED) is 0.512. The second kappa shape index (κ2) is 6.77. The van der Waals surface area contributed by atoms with Crippen molar-refractivity contribution in [2.75, 3.05) is 7.11 Å². The van der Waals surface area contributed by atoms with Crippen LogP contribution in [0.3, 0.4) is 0 Å². The smallest absolute Gasteiger partial charge is 0.339 e. The molecule has 7 nitrogen and oxygen atoms in total. The molecule has 8 heteroatoms. The molecule has 114 valence electrons. The number of primary amides is 1. The van der Waals surface area contributed by atoms with Crippen LogP contribution in [0.5, 0.6) is 0 Å². The fourth-order valence-electron chi connectivity index (χ4n) is 1.68. The standard InChI is InChI=1S/C14H12ClN3O4/c1-21-13(19)10-4-2-8(6-11(10)15)12-5-3-9(22-12)7-17-18-14(16)20/h2-7H,1H3,(H3,16,18,20)/b17-7-. The minimum absolute atomic E-state index is 0.256. The number of esters is 1. The Bertz CT molecular complexity index is 739. The molecule has 0 radical (unpaired) electrons. The van der Waals surface area contributed by atoms with Crippen LogP contribution in [0.25, 0.3) is 11.3 Å². The molecule has 0 bridgehead atoms. The SMILES string of the molecule is COC(=O)c1ccc(-c2ccc(/C=N\NC(N)=O)o2)cc1Cl. The molecule has 0 spiro atoms. The van der Waals surface area contributed by atoms with Gasteiger partial charge in [0.25, 0.3) is 0 Å². The molecule has 3 N–H and O–H groups in total. The van der Waals surface area contributed by atoms with Crippen LogP contribution in [0.2, 0.25) is 5.02 Å². The Morgan fingerprint density at radius 3 is 2.77 bits per heavy atom. The van der Waals surface area contributed by atoms with Gasteiger partial charge in [0.05, 0.1) is 23.9 Å². The van der Waals surface area contributed by atoms with Crippen molar-refractivity contribution < 1.29 is 18.7 Å². The van der Waals surface area contributed by atoms with E-state index in [4.69, 9.17) is 21.8 Å². The van der Waals surface area contributed by atoms with Gasteiger partial charge in [-0.25, -0.2) is 15.0 Å². The molecule has 0 unspecified atom stereocenters. The maximum atomic E-state index is 11.5. The van der Waals surface area contributed by atoms with E-state index in [0.717, 1.165) is 0 Å². The van der Waals surface area contributed by atoms with Crippen LogP contribution in [0.15, 0.2) is 39.9 Å². The highest BCUT2D eigenvalue weighted by atomic mass is 35.5. The van der Waals surface area contributed by atoms with Gasteiger partial charge < -0.3 is 14.9 Å². The van der Waals surface area contributed by atoms with Gasteiger partial charge in [0.15, 0.2) is 0 Å². The molecule has 0 aliphatic rings. The van der Waals surface area contributed by atoms with Crippen LogP contribution >= 0.6 is 11.6 Å². The zero-order chi connectivity index (χ0) is 16.1. The van der Waals surface area contributed by atoms with Crippen molar-refractivity contribution in [3.8, 4) is 11.3 Å². The van der Waals surface area contributed by atoms with Crippen LogP contribution in [-0.2, 0) is 4.74 Å². The van der Waals surface area contributed by atoms with Crippen molar-refractivity contribution in [1.82, 2.24) is 5.43 Å². The summed E-state index contributed by atoms with van der Waals surface area (Å²) in [5.74, 6) is 0.428. The predicted molar refractivity (Wildman–Crippen MR) is 80.8 cm³/mol. The summed E-state index contributed by atoms with van der Waals surface area (Å²) in [5, 5.41) is 3.84. The summed E-state index contributed by atoms with van der Waals surface area (Å²) in [4.78, 5) is 21.9. The molecular formula is C14H12ClN3O4. The van der Waals surface area contributed by atoms with Crippen molar-refractivity contribution in [3.05, 3.63) is 46.7 Å². The Morgan fingerprint density at radius 1 is 1.36 bits per heavy atom. The monoisotopic (exact) mass is 321 g/mol. The van der Waals surface area contributed by atoms with E-state index in [1.165, 1.54) is 13.3 Å². The molecule has 1 aromatic carbocycles. The number of hydrogen-bond donors (Lipinski definition) is 2. The molecule has 0 fully saturated rings. The fraction of sp³-hybridized carbons (Fsp3) is 0.0714. The van der Waals surface area contributed by atoms with Gasteiger partial charge in [-0.3, -0.25) is 0 Å². The summed E-state index contributed by atoms with van der Waals surface area (Å²) >= 11 is 6.05. The predicted octanol–water partition coefficient (Wildman–Crippen LogP) is 2.39. The highest BCUT2D eigenvalue weighted by Gasteiger charge is 2.12. The highest BCUT2D eigenvalue weighted by Crippen LogP contribution is 2.27. The maximum Gasteiger partial charge on any atom is 0.339 e. The van der Waals surface area contributed by atoms with E-state index in [0.29, 0.717) is 17.1 Å². The van der Waals surface area contributed by atoms with E-state index in [1.807, 2.05) is 0 Å². The molecule has 1 aromatic heterocycles. The summed E-state index contributed by atoms with van der Waals surface area (Å²) in [6, 6.07) is 7.41. The van der Waals surface area contributed by atoms with Gasteiger partial charge in [-0.15, -0.1) is 0 Å². The number of methoxy groups -OCH3 is 1. The van der Waals surface area contributed by atoms with Gasteiger partial charge in [0, 0.05) is 5.56 Å². The topological polar surface area (TPSA) is 107 Å². The van der Waals surface area contributed by atoms with Crippen LogP contribution in [0.4, 0.5) is 4.79 Å². The van der Waals surface area contributed by atoms with Gasteiger partial charge in [0.1, 0.15) is 11.5 Å². The summed E-state index contributed by atoms with van der Waals surface area (Å²) in [6.07, 6.45) is 1.30. The Labute approximate surface area is 130 Å². The third-order valence-electron chi connectivity index (χ3n) is 2.65. The number of halogens is 1. The van der Waals surface area contributed by atoms with Gasteiger partial charge in [-0.2, -0.15) is 5.10 Å². The van der Waals surface area contributed by atoms with Gasteiger partial charge in [-0.05, 0) is 24.3 Å². The minimum atomic E-state index is -0.770. The number of ether oxygens (including phenoxy) is 1. The molecule has 0 aliphatic heterocycles. The maximum absolute atomic E-state index is 11.5. The van der Waals surface area contributed by atoms with E-state index in [2.05, 4.69) is 15.3 Å². The third kappa shape index (κ3) is 3.64. The number of carbonyl (C=O) groups is 2. The van der Waals surface area contributed by atoms with E-state index < -0.39 is 12.0 Å². The first kappa shape index (κ1) is 15.6. The lowest BCUT2D eigenvalue weighted by Gasteiger charge is -2.04. The third-order valence-corrected chi connectivity index (χ3v) is 2.96. The highest BCUT2D eigenvalue weighted by molar-refractivity contribution is 6.33. The second-order valence-corrected chi connectivity index (χ2v) is 4.53. The Balaban J connectivity index is 2.21. The number of amides is 2. The van der Waals surface area contributed by atoms with E-state index >= 15 is 0 Å². The number of nitrogens with zero attached hydrogens (tertiary/aromatic N) is 1. The van der Waals surface area contributed by atoms with Crippen molar-refractivity contribution in [2.45, 2.75) is 0 Å². The number of carbonyl (C=O) groups excluding carboxylic acids is 2. The number of hydrazone groups is 1. The summed E-state index contributed by atoms with van der Waals surface area (Å²) in [6.45, 7) is 0. The molecule has 1 heterocycles. The first-order chi connectivity index (χ1) is 10.5. The molecule has 0 atom stereocenters. The van der Waals surface area contributed by atoms with E-state index in [-0.39, 0.29) is 10.6 Å². The Hall–Kier alpha value is -2.80. The van der Waals surface area contributed by atoms with Gasteiger partial charge in [0.2, 0.25) is 0 Å². The van der Waals surface area contributed by atoms with Crippen LogP contribution in [0, 0.1) is 0 Å². The van der Waals surface area contributed by atoms with Crippen molar-refractivity contribution in [3.63, 3.8) is 0 Å². The lowest BCUT2D eigenvalue weighted by atomic mass is 10.1. The minimum Gasteiger partial charge on any atom is -0.465 e. The van der Waals surface area contributed by atoms with Crippen LogP contribution < -0.4 is 11.2 Å². The molecule has 2 aromatic rings. The Morgan fingerprint density at radius 2 is 2.14 bits per heavy atom. The van der Waals surface area contributed by atoms with E-state index in [1.54, 1.807) is 30.3 Å². The zero-order valence-electron chi connectivity index (χ0n) is 11.5. The van der Waals surface area contributed by atoms with E-state index in [9.17, 15) is 9.59 Å². The number of nitrogens with one attached hydrogen (secondary N) is 1. The average molecular weight is 322 g/mol. The number of furan rings is 1. The summed E-state index contributed by atoms with van der Waals surface area (Å²) in [7, 11) is 1.28. The molecular weight excluding hydrogens is 310 g/mol. The normalized spacial score (nSPS) is 10.6. The number of rotatable bonds is 4. The summed E-state index contributed by atoms with van der Waals surface area (Å²) in [5.41, 5.74) is 7.88. The van der Waals surface area contributed by atoms with Crippen molar-refractivity contribution in [2.24, 2.45) is 10.8 Å². The number of nitrogens with two attached hydrogens (primary N) is 1. The second-order valence-electron chi connectivity index (χ2n) is 4.12. The van der Waals surface area contributed by atoms with Crippen molar-refractivity contribution >= 4 is 29.8 Å². The number of hydrogen-bond acceptors (Lipinski definition) is 5. The fourth-order valence-corrected chi connectivity index (χ4v) is 1.94. The van der Waals surface area contributed by atoms with Gasteiger partial charge >= 0.3 is 12.0 Å². The van der Waals surface area contributed by atoms with Crippen LogP contribution in [0.1, 0.15) is 16.1 Å². The molecule has 0 saturated heterocycles. The number of benzene rings is 1. The molecule has 2 amide bonds. The molecule has 0 saturated carbocycles. The number of urea groups is 1. The first-order valence-electron chi connectivity index (χ1n) is 6.08. The largest absolute Gasteiger partial charge is 0.465 e. The molecule has 0 aliphatic carbocycles. The zero-order valence-corrected chi connectivity index (χ0v) is 12.3. The molecule has 22 heavy (non-hydrogen) atoms. The Kier molecular flexibility index (Phi) is 4.80. The summed E-state index contributed by atoms with van der Waals surface area (Å²) < 4.78 is 10.1. The lowest BCUT2D eigenvalue weighted by Crippen LogP contribution is -2.24. The molecule has 2 rings (SSSR count). The average Bonchev–Trinajstić information content (AvgIpc) is 2.95. The lowest BCUT2D eigenvalue weighted by molar-refractivity contribution is 0.0601. The first-order valence-corrected chi connectivity index (χ1v) is 6.45. The van der Waals surface area contributed by atoms with Gasteiger partial charge in [-0.1, -0.05) is 17.7 Å².